The summed E-state index contributed by atoms with van der Waals surface area (Å²) in [6.07, 6.45) is -0.0528. The largest absolute Gasteiger partial charge is 0.368 e. The third-order valence-corrected chi connectivity index (χ3v) is 5.28. The number of ether oxygens (including phenoxy) is 1. The van der Waals surface area contributed by atoms with Gasteiger partial charge in [0.25, 0.3) is 0 Å². The van der Waals surface area contributed by atoms with Crippen molar-refractivity contribution < 1.29 is 9.13 Å². The maximum absolute atomic E-state index is 14.0. The predicted molar refractivity (Wildman–Crippen MR) is 97.9 cm³/mol. The molecule has 1 aliphatic heterocycles. The number of hydrogen-bond donors (Lipinski definition) is 0. The molecule has 0 spiro atoms. The van der Waals surface area contributed by atoms with Crippen LogP contribution in [0.2, 0.25) is 0 Å². The van der Waals surface area contributed by atoms with E-state index in [0.717, 1.165) is 24.6 Å². The molecule has 0 aliphatic carbocycles. The molecule has 5 heteroatoms. The average molecular weight is 354 g/mol. The molecule has 128 valence electrons. The molecule has 2 aromatic carbocycles. The van der Waals surface area contributed by atoms with Crippen LogP contribution < -0.4 is 0 Å². The SMILES string of the molecule is Fc1ccccc1-c1csc([C@@H]2CN(Cc3ccccc3)CCO2)n1. The Morgan fingerprint density at radius 1 is 1.12 bits per heavy atom. The molecule has 1 saturated heterocycles. The Labute approximate surface area is 150 Å². The summed E-state index contributed by atoms with van der Waals surface area (Å²) in [6.45, 7) is 3.31. The number of aromatic nitrogens is 1. The van der Waals surface area contributed by atoms with Gasteiger partial charge in [-0.05, 0) is 17.7 Å². The topological polar surface area (TPSA) is 25.4 Å². The predicted octanol–water partition coefficient (Wildman–Crippen LogP) is 4.52. The van der Waals surface area contributed by atoms with Crippen LogP contribution in [0.25, 0.3) is 11.3 Å². The number of hydrogen-bond acceptors (Lipinski definition) is 4. The third-order valence-electron chi connectivity index (χ3n) is 4.35. The van der Waals surface area contributed by atoms with Gasteiger partial charge in [0.05, 0.1) is 12.3 Å². The molecule has 3 nitrogen and oxygen atoms in total. The van der Waals surface area contributed by atoms with Gasteiger partial charge in [-0.3, -0.25) is 4.90 Å². The first-order valence-corrected chi connectivity index (χ1v) is 9.26. The fourth-order valence-electron chi connectivity index (χ4n) is 3.07. The van der Waals surface area contributed by atoms with Crippen LogP contribution in [-0.2, 0) is 11.3 Å². The lowest BCUT2D eigenvalue weighted by molar-refractivity contribution is -0.0329. The van der Waals surface area contributed by atoms with Gasteiger partial charge in [0.1, 0.15) is 16.9 Å². The van der Waals surface area contributed by atoms with Gasteiger partial charge in [-0.15, -0.1) is 11.3 Å². The Bertz CT molecular complexity index is 836. The highest BCUT2D eigenvalue weighted by Crippen LogP contribution is 2.30. The van der Waals surface area contributed by atoms with Gasteiger partial charge in [0.15, 0.2) is 0 Å². The summed E-state index contributed by atoms with van der Waals surface area (Å²) in [5, 5.41) is 2.82. The van der Waals surface area contributed by atoms with Crippen LogP contribution >= 0.6 is 11.3 Å². The van der Waals surface area contributed by atoms with E-state index in [0.29, 0.717) is 17.9 Å². The molecule has 1 aromatic heterocycles. The van der Waals surface area contributed by atoms with Crippen LogP contribution in [0.1, 0.15) is 16.7 Å². The lowest BCUT2D eigenvalue weighted by Gasteiger charge is -2.32. The van der Waals surface area contributed by atoms with Crippen molar-refractivity contribution in [1.82, 2.24) is 9.88 Å². The molecule has 0 saturated carbocycles. The number of halogens is 1. The van der Waals surface area contributed by atoms with Gasteiger partial charge in [0.2, 0.25) is 0 Å². The van der Waals surface area contributed by atoms with Crippen molar-refractivity contribution in [3.8, 4) is 11.3 Å². The second kappa shape index (κ2) is 7.44. The van der Waals surface area contributed by atoms with E-state index < -0.39 is 0 Å². The van der Waals surface area contributed by atoms with Gasteiger partial charge in [-0.1, -0.05) is 42.5 Å². The molecule has 1 aliphatic rings. The summed E-state index contributed by atoms with van der Waals surface area (Å²) in [6, 6.07) is 17.2. The molecule has 3 aromatic rings. The maximum atomic E-state index is 14.0. The van der Waals surface area contributed by atoms with E-state index in [-0.39, 0.29) is 11.9 Å². The lowest BCUT2D eigenvalue weighted by Crippen LogP contribution is -2.37. The molecule has 0 N–H and O–H groups in total. The normalized spacial score (nSPS) is 18.4. The Kier molecular flexibility index (Phi) is 4.88. The van der Waals surface area contributed by atoms with E-state index in [4.69, 9.17) is 4.74 Å². The average Bonchev–Trinajstić information content (AvgIpc) is 3.13. The molecule has 25 heavy (non-hydrogen) atoms. The van der Waals surface area contributed by atoms with Crippen LogP contribution in [0.15, 0.2) is 60.0 Å². The smallest absolute Gasteiger partial charge is 0.132 e. The number of nitrogens with zero attached hydrogens (tertiary/aromatic N) is 2. The van der Waals surface area contributed by atoms with Crippen LogP contribution in [0.4, 0.5) is 4.39 Å². The molecule has 4 rings (SSSR count). The number of benzene rings is 2. The van der Waals surface area contributed by atoms with Crippen LogP contribution in [0, 0.1) is 5.82 Å². The first-order chi connectivity index (χ1) is 12.3. The fourth-order valence-corrected chi connectivity index (χ4v) is 3.92. The van der Waals surface area contributed by atoms with Crippen LogP contribution in [0.5, 0.6) is 0 Å². The van der Waals surface area contributed by atoms with Crippen LogP contribution in [0.3, 0.4) is 0 Å². The van der Waals surface area contributed by atoms with E-state index >= 15 is 0 Å². The van der Waals surface area contributed by atoms with Gasteiger partial charge in [-0.25, -0.2) is 9.37 Å². The van der Waals surface area contributed by atoms with Crippen molar-refractivity contribution in [3.63, 3.8) is 0 Å². The Balaban J connectivity index is 1.48. The molecule has 1 atom stereocenters. The van der Waals surface area contributed by atoms with E-state index in [2.05, 4.69) is 34.1 Å². The highest BCUT2D eigenvalue weighted by molar-refractivity contribution is 7.10. The van der Waals surface area contributed by atoms with Gasteiger partial charge in [0, 0.05) is 30.6 Å². The Morgan fingerprint density at radius 3 is 2.76 bits per heavy atom. The maximum Gasteiger partial charge on any atom is 0.132 e. The molecular weight excluding hydrogens is 335 g/mol. The van der Waals surface area contributed by atoms with Gasteiger partial charge in [-0.2, -0.15) is 0 Å². The zero-order chi connectivity index (χ0) is 17.1. The molecule has 2 heterocycles. The second-order valence-corrected chi connectivity index (χ2v) is 7.02. The minimum atomic E-state index is -0.241. The van der Waals surface area contributed by atoms with Gasteiger partial charge >= 0.3 is 0 Å². The first-order valence-electron chi connectivity index (χ1n) is 8.38. The first kappa shape index (κ1) is 16.4. The lowest BCUT2D eigenvalue weighted by atomic mass is 10.1. The number of morpholine rings is 1. The second-order valence-electron chi connectivity index (χ2n) is 6.13. The third kappa shape index (κ3) is 3.79. The zero-order valence-electron chi connectivity index (χ0n) is 13.8. The van der Waals surface area contributed by atoms with Crippen molar-refractivity contribution in [3.05, 3.63) is 76.4 Å². The van der Waals surface area contributed by atoms with E-state index in [1.54, 1.807) is 12.1 Å². The highest BCUT2D eigenvalue weighted by Gasteiger charge is 2.25. The Morgan fingerprint density at radius 2 is 1.92 bits per heavy atom. The van der Waals surface area contributed by atoms with Crippen molar-refractivity contribution >= 4 is 11.3 Å². The summed E-state index contributed by atoms with van der Waals surface area (Å²) in [7, 11) is 0. The molecule has 0 bridgehead atoms. The minimum Gasteiger partial charge on any atom is -0.368 e. The number of rotatable bonds is 4. The van der Waals surface area contributed by atoms with E-state index in [9.17, 15) is 4.39 Å². The molecule has 1 fully saturated rings. The summed E-state index contributed by atoms with van der Waals surface area (Å²) >= 11 is 1.54. The van der Waals surface area contributed by atoms with Crippen molar-refractivity contribution in [2.24, 2.45) is 0 Å². The summed E-state index contributed by atoms with van der Waals surface area (Å²) in [5.41, 5.74) is 2.53. The fraction of sp³-hybridized carbons (Fsp3) is 0.250. The van der Waals surface area contributed by atoms with Crippen molar-refractivity contribution in [1.29, 1.82) is 0 Å². The number of thiazole rings is 1. The van der Waals surface area contributed by atoms with E-state index in [1.165, 1.54) is 23.0 Å². The Hall–Kier alpha value is -2.08. The molecular formula is C20H19FN2OS. The monoisotopic (exact) mass is 354 g/mol. The minimum absolute atomic E-state index is 0.0528. The zero-order valence-corrected chi connectivity index (χ0v) is 14.6. The standard InChI is InChI=1S/C20H19FN2OS/c21-17-9-5-4-8-16(17)18-14-25-20(22-18)19-13-23(10-11-24-19)12-15-6-2-1-3-7-15/h1-9,14,19H,10-13H2/t19-/m0/s1. The quantitative estimate of drug-likeness (QED) is 0.689. The van der Waals surface area contributed by atoms with Gasteiger partial charge < -0.3 is 4.74 Å². The van der Waals surface area contributed by atoms with Crippen LogP contribution in [-0.4, -0.2) is 29.6 Å². The van der Waals surface area contributed by atoms with Crippen molar-refractivity contribution in [2.45, 2.75) is 12.6 Å². The summed E-state index contributed by atoms with van der Waals surface area (Å²) in [5.74, 6) is -0.241. The highest BCUT2D eigenvalue weighted by atomic mass is 32.1. The summed E-state index contributed by atoms with van der Waals surface area (Å²) in [4.78, 5) is 7.02. The van der Waals surface area contributed by atoms with Crippen molar-refractivity contribution in [2.75, 3.05) is 19.7 Å². The molecule has 0 amide bonds. The van der Waals surface area contributed by atoms with E-state index in [1.807, 2.05) is 17.5 Å². The summed E-state index contributed by atoms with van der Waals surface area (Å²) < 4.78 is 19.9. The molecule has 0 unspecified atom stereocenters. The molecule has 0 radical (unpaired) electrons.